The van der Waals surface area contributed by atoms with Gasteiger partial charge in [-0.25, -0.2) is 0 Å². The van der Waals surface area contributed by atoms with Crippen LogP contribution in [0.4, 0.5) is 5.69 Å². The number of thioether (sulfide) groups is 1. The second-order valence-corrected chi connectivity index (χ2v) is 6.18. The highest BCUT2D eigenvalue weighted by Gasteiger charge is 2.15. The number of fused-ring (bicyclic) bond motifs is 1. The van der Waals surface area contributed by atoms with E-state index >= 15 is 0 Å². The van der Waals surface area contributed by atoms with Crippen LogP contribution in [0, 0.1) is 6.92 Å². The first kappa shape index (κ1) is 14.7. The van der Waals surface area contributed by atoms with Crippen LogP contribution in [0.25, 0.3) is 0 Å². The SMILES string of the molecule is Cc1ccccc1C(=O)NCc1ccc2c(c1)NC(=O)CS2. The molecule has 5 heteroatoms. The lowest BCUT2D eigenvalue weighted by atomic mass is 10.1. The van der Waals surface area contributed by atoms with Gasteiger partial charge in [-0.1, -0.05) is 24.3 Å². The minimum Gasteiger partial charge on any atom is -0.348 e. The molecule has 2 aromatic rings. The second-order valence-electron chi connectivity index (χ2n) is 5.16. The Hall–Kier alpha value is -2.27. The maximum Gasteiger partial charge on any atom is 0.251 e. The third-order valence-corrected chi connectivity index (χ3v) is 4.59. The Morgan fingerprint density at radius 1 is 1.27 bits per heavy atom. The number of anilines is 1. The highest BCUT2D eigenvalue weighted by Crippen LogP contribution is 2.31. The van der Waals surface area contributed by atoms with Gasteiger partial charge in [0.05, 0.1) is 11.4 Å². The number of aryl methyl sites for hydroxylation is 1. The van der Waals surface area contributed by atoms with Crippen LogP contribution in [0.3, 0.4) is 0 Å². The predicted molar refractivity (Wildman–Crippen MR) is 88.1 cm³/mol. The molecule has 0 spiro atoms. The number of nitrogens with one attached hydrogen (secondary N) is 2. The highest BCUT2D eigenvalue weighted by molar-refractivity contribution is 8.00. The fourth-order valence-corrected chi connectivity index (χ4v) is 3.13. The van der Waals surface area contributed by atoms with Gasteiger partial charge >= 0.3 is 0 Å². The molecule has 0 aliphatic carbocycles. The molecule has 112 valence electrons. The van der Waals surface area contributed by atoms with Crippen LogP contribution in [-0.2, 0) is 11.3 Å². The molecular weight excluding hydrogens is 296 g/mol. The van der Waals surface area contributed by atoms with E-state index < -0.39 is 0 Å². The van der Waals surface area contributed by atoms with Gasteiger partial charge in [0, 0.05) is 17.0 Å². The molecule has 0 unspecified atom stereocenters. The Morgan fingerprint density at radius 3 is 2.91 bits per heavy atom. The van der Waals surface area contributed by atoms with Gasteiger partial charge in [0.15, 0.2) is 0 Å². The van der Waals surface area contributed by atoms with Crippen LogP contribution in [0.15, 0.2) is 47.4 Å². The molecule has 0 bridgehead atoms. The fraction of sp³-hybridized carbons (Fsp3) is 0.176. The van der Waals surface area contributed by atoms with Crippen LogP contribution >= 0.6 is 11.8 Å². The van der Waals surface area contributed by atoms with Gasteiger partial charge in [-0.3, -0.25) is 9.59 Å². The van der Waals surface area contributed by atoms with Crippen molar-refractivity contribution in [1.82, 2.24) is 5.32 Å². The number of carbonyl (C=O) groups is 2. The van der Waals surface area contributed by atoms with Crippen LogP contribution in [-0.4, -0.2) is 17.6 Å². The monoisotopic (exact) mass is 312 g/mol. The minimum absolute atomic E-state index is 0.0126. The van der Waals surface area contributed by atoms with Crippen LogP contribution in [0.1, 0.15) is 21.5 Å². The van der Waals surface area contributed by atoms with Gasteiger partial charge in [-0.05, 0) is 36.2 Å². The van der Waals surface area contributed by atoms with E-state index in [2.05, 4.69) is 10.6 Å². The van der Waals surface area contributed by atoms with Crippen molar-refractivity contribution in [1.29, 1.82) is 0 Å². The summed E-state index contributed by atoms with van der Waals surface area (Å²) in [5.41, 5.74) is 3.42. The van der Waals surface area contributed by atoms with E-state index in [0.717, 1.165) is 21.7 Å². The Labute approximate surface area is 133 Å². The lowest BCUT2D eigenvalue weighted by molar-refractivity contribution is -0.113. The standard InChI is InChI=1S/C17H16N2O2S/c1-11-4-2-3-5-13(11)17(21)18-9-12-6-7-15-14(8-12)19-16(20)10-22-15/h2-8H,9-10H2,1H3,(H,18,21)(H,19,20). The molecule has 2 N–H and O–H groups in total. The third-order valence-electron chi connectivity index (χ3n) is 3.52. The largest absolute Gasteiger partial charge is 0.348 e. The first-order valence-corrected chi connectivity index (χ1v) is 8.01. The van der Waals surface area contributed by atoms with Crippen molar-refractivity contribution in [3.8, 4) is 0 Å². The molecule has 2 amide bonds. The first-order valence-electron chi connectivity index (χ1n) is 7.03. The number of benzene rings is 2. The van der Waals surface area contributed by atoms with Crippen molar-refractivity contribution in [3.63, 3.8) is 0 Å². The van der Waals surface area contributed by atoms with Gasteiger partial charge < -0.3 is 10.6 Å². The lowest BCUT2D eigenvalue weighted by Crippen LogP contribution is -2.24. The molecule has 0 fully saturated rings. The van der Waals surface area contributed by atoms with E-state index in [9.17, 15) is 9.59 Å². The van der Waals surface area contributed by atoms with Gasteiger partial charge in [0.2, 0.25) is 5.91 Å². The zero-order valence-electron chi connectivity index (χ0n) is 12.2. The molecule has 3 rings (SSSR count). The van der Waals surface area contributed by atoms with Crippen molar-refractivity contribution in [2.75, 3.05) is 11.1 Å². The number of rotatable bonds is 3. The number of hydrogen-bond acceptors (Lipinski definition) is 3. The van der Waals surface area contributed by atoms with E-state index in [1.54, 1.807) is 0 Å². The summed E-state index contributed by atoms with van der Waals surface area (Å²) in [7, 11) is 0. The van der Waals surface area contributed by atoms with Gasteiger partial charge in [0.1, 0.15) is 0 Å². The molecule has 0 atom stereocenters. The van der Waals surface area contributed by atoms with Crippen molar-refractivity contribution >= 4 is 29.3 Å². The maximum atomic E-state index is 12.2. The molecule has 0 aromatic heterocycles. The quantitative estimate of drug-likeness (QED) is 0.916. The fourth-order valence-electron chi connectivity index (χ4n) is 2.35. The summed E-state index contributed by atoms with van der Waals surface area (Å²) in [6.45, 7) is 2.35. The maximum absolute atomic E-state index is 12.2. The zero-order chi connectivity index (χ0) is 15.5. The summed E-state index contributed by atoms with van der Waals surface area (Å²) < 4.78 is 0. The molecule has 2 aromatic carbocycles. The minimum atomic E-state index is -0.0887. The smallest absolute Gasteiger partial charge is 0.251 e. The summed E-state index contributed by atoms with van der Waals surface area (Å²) in [6, 6.07) is 13.4. The van der Waals surface area contributed by atoms with E-state index in [-0.39, 0.29) is 11.8 Å². The van der Waals surface area contributed by atoms with E-state index in [4.69, 9.17) is 0 Å². The Morgan fingerprint density at radius 2 is 2.09 bits per heavy atom. The van der Waals surface area contributed by atoms with E-state index in [1.807, 2.05) is 49.4 Å². The lowest BCUT2D eigenvalue weighted by Gasteiger charge is -2.17. The van der Waals surface area contributed by atoms with Crippen molar-refractivity contribution in [2.45, 2.75) is 18.4 Å². The van der Waals surface area contributed by atoms with Gasteiger partial charge in [0.25, 0.3) is 5.91 Å². The van der Waals surface area contributed by atoms with Crippen LogP contribution in [0.5, 0.6) is 0 Å². The molecule has 22 heavy (non-hydrogen) atoms. The molecule has 0 radical (unpaired) electrons. The van der Waals surface area contributed by atoms with Gasteiger partial charge in [-0.2, -0.15) is 0 Å². The molecule has 0 saturated carbocycles. The van der Waals surface area contributed by atoms with E-state index in [0.29, 0.717) is 17.9 Å². The Balaban J connectivity index is 1.69. The predicted octanol–water partition coefficient (Wildman–Crippen LogP) is 2.97. The first-order chi connectivity index (χ1) is 10.6. The molecule has 4 nitrogen and oxygen atoms in total. The number of hydrogen-bond donors (Lipinski definition) is 2. The average molecular weight is 312 g/mol. The highest BCUT2D eigenvalue weighted by atomic mass is 32.2. The molecular formula is C17H16N2O2S. The Bertz CT molecular complexity index is 743. The number of amides is 2. The summed E-state index contributed by atoms with van der Waals surface area (Å²) in [5.74, 6) is 0.379. The molecule has 1 heterocycles. The van der Waals surface area contributed by atoms with Crippen LogP contribution < -0.4 is 10.6 Å². The summed E-state index contributed by atoms with van der Waals surface area (Å²) in [6.07, 6.45) is 0. The van der Waals surface area contributed by atoms with Crippen molar-refractivity contribution in [2.24, 2.45) is 0 Å². The summed E-state index contributed by atoms with van der Waals surface area (Å²) in [4.78, 5) is 24.7. The van der Waals surface area contributed by atoms with Crippen molar-refractivity contribution in [3.05, 3.63) is 59.2 Å². The molecule has 1 aliphatic rings. The van der Waals surface area contributed by atoms with Crippen molar-refractivity contribution < 1.29 is 9.59 Å². The average Bonchev–Trinajstić information content (AvgIpc) is 2.52. The Kier molecular flexibility index (Phi) is 4.15. The van der Waals surface area contributed by atoms with Crippen LogP contribution in [0.2, 0.25) is 0 Å². The van der Waals surface area contributed by atoms with E-state index in [1.165, 1.54) is 11.8 Å². The molecule has 0 saturated heterocycles. The topological polar surface area (TPSA) is 58.2 Å². The summed E-state index contributed by atoms with van der Waals surface area (Å²) in [5, 5.41) is 5.77. The normalized spacial score (nSPS) is 13.2. The third kappa shape index (κ3) is 3.14. The summed E-state index contributed by atoms with van der Waals surface area (Å²) >= 11 is 1.53. The zero-order valence-corrected chi connectivity index (χ0v) is 13.0. The molecule has 1 aliphatic heterocycles. The van der Waals surface area contributed by atoms with Gasteiger partial charge in [-0.15, -0.1) is 11.8 Å². The second kappa shape index (κ2) is 6.23. The number of carbonyl (C=O) groups excluding carboxylic acids is 2.